The molecule has 1 amide bonds. The van der Waals surface area contributed by atoms with Gasteiger partial charge in [0.25, 0.3) is 15.6 Å². The molecule has 1 N–H and O–H groups in total. The highest BCUT2D eigenvalue weighted by molar-refractivity contribution is 7.91. The molecule has 0 saturated carbocycles. The zero-order valence-electron chi connectivity index (χ0n) is 23.2. The van der Waals surface area contributed by atoms with Crippen molar-refractivity contribution in [1.82, 2.24) is 23.7 Å². The first kappa shape index (κ1) is 28.6. The lowest BCUT2D eigenvalue weighted by Gasteiger charge is -2.33. The fourth-order valence-corrected chi connectivity index (χ4v) is 7.83. The molecule has 2 atom stereocenters. The fraction of sp³-hybridized carbons (Fsp3) is 0.357. The van der Waals surface area contributed by atoms with Crippen LogP contribution in [0.1, 0.15) is 24.2 Å². The summed E-state index contributed by atoms with van der Waals surface area (Å²) in [6.45, 7) is 3.02. The van der Waals surface area contributed by atoms with Crippen molar-refractivity contribution in [3.8, 4) is 10.6 Å². The number of nitrogens with zero attached hydrogens (tertiary/aromatic N) is 5. The number of carbonyl (C=O) groups excluding carboxylic acids is 1. The topological polar surface area (TPSA) is 127 Å². The highest BCUT2D eigenvalue weighted by atomic mass is 35.5. The number of hydrogen-bond donors (Lipinski definition) is 1. The van der Waals surface area contributed by atoms with E-state index in [9.17, 15) is 18.0 Å². The van der Waals surface area contributed by atoms with Gasteiger partial charge in [0.1, 0.15) is 17.4 Å². The Labute approximate surface area is 251 Å². The molecule has 2 aliphatic heterocycles. The van der Waals surface area contributed by atoms with Crippen molar-refractivity contribution in [3.05, 3.63) is 69.4 Å². The molecular formula is C28H29ClN6O5S2. The van der Waals surface area contributed by atoms with E-state index in [4.69, 9.17) is 21.3 Å². The first-order valence-corrected chi connectivity index (χ1v) is 16.0. The lowest BCUT2D eigenvalue weighted by molar-refractivity contribution is 0.153. The third kappa shape index (κ3) is 5.26. The van der Waals surface area contributed by atoms with Crippen LogP contribution in [0, 0.1) is 6.92 Å². The van der Waals surface area contributed by atoms with E-state index in [1.165, 1.54) is 20.3 Å². The number of rotatable bonds is 7. The van der Waals surface area contributed by atoms with E-state index in [0.717, 1.165) is 21.2 Å². The van der Waals surface area contributed by atoms with E-state index in [0.29, 0.717) is 70.5 Å². The van der Waals surface area contributed by atoms with Crippen molar-refractivity contribution in [3.63, 3.8) is 0 Å². The number of sulfonamides is 1. The van der Waals surface area contributed by atoms with Crippen molar-refractivity contribution in [2.24, 2.45) is 0 Å². The highest BCUT2D eigenvalue weighted by Crippen LogP contribution is 2.37. The van der Waals surface area contributed by atoms with Crippen LogP contribution in [0.25, 0.3) is 21.5 Å². The standard InChI is InChI=1S/C28H29ClN6O5S2/c1-16-31-24-11-21(26-30-13-25(41-26)42(38,39)33(2)3)23(32-19-8-9-34-20(10-19)15-40-28(34)37)12-22(24)27(36)35(16)14-17-4-6-18(29)7-5-17/h4-7,11-13,19-20,32H,8-10,14-15H2,1-3H3/t19-,20-/m0/s1. The summed E-state index contributed by atoms with van der Waals surface area (Å²) in [6.07, 6.45) is 2.43. The fourth-order valence-electron chi connectivity index (χ4n) is 5.37. The molecule has 0 unspecified atom stereocenters. The number of ether oxygens (including phenoxy) is 1. The van der Waals surface area contributed by atoms with Gasteiger partial charge in [-0.15, -0.1) is 11.3 Å². The third-order valence-electron chi connectivity index (χ3n) is 7.70. The van der Waals surface area contributed by atoms with Crippen LogP contribution in [-0.4, -0.2) is 77.6 Å². The number of fused-ring (bicyclic) bond motifs is 2. The number of thiazole rings is 1. The van der Waals surface area contributed by atoms with E-state index < -0.39 is 10.0 Å². The minimum atomic E-state index is -3.67. The van der Waals surface area contributed by atoms with Crippen LogP contribution in [0.5, 0.6) is 0 Å². The molecule has 0 radical (unpaired) electrons. The second-order valence-corrected chi connectivity index (χ2v) is 14.5. The number of benzene rings is 2. The van der Waals surface area contributed by atoms with E-state index in [2.05, 4.69) is 10.3 Å². The number of nitrogens with one attached hydrogen (secondary N) is 1. The normalized spacial score (nSPS) is 18.9. The van der Waals surface area contributed by atoms with Crippen LogP contribution in [0.15, 0.2) is 51.6 Å². The van der Waals surface area contributed by atoms with Crippen LogP contribution >= 0.6 is 22.9 Å². The van der Waals surface area contributed by atoms with E-state index in [1.54, 1.807) is 40.7 Å². The maximum atomic E-state index is 13.8. The van der Waals surface area contributed by atoms with Gasteiger partial charge in [-0.05, 0) is 49.6 Å². The van der Waals surface area contributed by atoms with Crippen LogP contribution in [0.2, 0.25) is 5.02 Å². The van der Waals surface area contributed by atoms with Crippen molar-refractivity contribution in [1.29, 1.82) is 0 Å². The molecule has 6 rings (SSSR count). The molecule has 2 fully saturated rings. The molecule has 0 spiro atoms. The number of carbonyl (C=O) groups is 1. The Morgan fingerprint density at radius 2 is 1.95 bits per heavy atom. The summed E-state index contributed by atoms with van der Waals surface area (Å²) in [6, 6.07) is 10.9. The number of cyclic esters (lactones) is 1. The Balaban J connectivity index is 1.43. The summed E-state index contributed by atoms with van der Waals surface area (Å²) in [5.41, 5.74) is 2.51. The van der Waals surface area contributed by atoms with Crippen molar-refractivity contribution >= 4 is 55.6 Å². The van der Waals surface area contributed by atoms with Gasteiger partial charge in [0.2, 0.25) is 0 Å². The molecule has 42 heavy (non-hydrogen) atoms. The third-order valence-corrected chi connectivity index (χ3v) is 11.2. The average molecular weight is 629 g/mol. The van der Waals surface area contributed by atoms with Crippen molar-refractivity contribution in [2.45, 2.75) is 42.6 Å². The number of aryl methyl sites for hydroxylation is 1. The zero-order chi connectivity index (χ0) is 29.8. The summed E-state index contributed by atoms with van der Waals surface area (Å²) >= 11 is 7.10. The molecular weight excluding hydrogens is 600 g/mol. The zero-order valence-corrected chi connectivity index (χ0v) is 25.6. The van der Waals surface area contributed by atoms with Gasteiger partial charge in [0.05, 0.1) is 29.7 Å². The van der Waals surface area contributed by atoms with Crippen molar-refractivity contribution in [2.75, 3.05) is 32.6 Å². The molecule has 2 aliphatic rings. The smallest absolute Gasteiger partial charge is 0.410 e. The monoisotopic (exact) mass is 628 g/mol. The second-order valence-electron chi connectivity index (χ2n) is 10.7. The van der Waals surface area contributed by atoms with Gasteiger partial charge in [-0.2, -0.15) is 0 Å². The number of hydrogen-bond acceptors (Lipinski definition) is 9. The quantitative estimate of drug-likeness (QED) is 0.323. The summed E-state index contributed by atoms with van der Waals surface area (Å²) in [7, 11) is -0.722. The molecule has 2 saturated heterocycles. The predicted octanol–water partition coefficient (Wildman–Crippen LogP) is 4.18. The minimum absolute atomic E-state index is 0.00316. The van der Waals surface area contributed by atoms with E-state index in [1.807, 2.05) is 12.1 Å². The summed E-state index contributed by atoms with van der Waals surface area (Å²) in [5, 5.41) is 5.11. The molecule has 14 heteroatoms. The Hall–Kier alpha value is -3.52. The van der Waals surface area contributed by atoms with E-state index >= 15 is 0 Å². The SMILES string of the molecule is Cc1nc2cc(-c3ncc(S(=O)(=O)N(C)C)s3)c(N[C@H]3CCN4C(=O)OC[C@@H]4C3)cc2c(=O)n1Cc1ccc(Cl)cc1. The lowest BCUT2D eigenvalue weighted by Crippen LogP contribution is -2.45. The maximum absolute atomic E-state index is 13.8. The number of halogens is 1. The Morgan fingerprint density at radius 1 is 1.19 bits per heavy atom. The Kier molecular flexibility index (Phi) is 7.46. The number of anilines is 1. The summed E-state index contributed by atoms with van der Waals surface area (Å²) in [4.78, 5) is 36.8. The van der Waals surface area contributed by atoms with Gasteiger partial charge in [0, 0.05) is 43.0 Å². The van der Waals surface area contributed by atoms with Crippen molar-refractivity contribution < 1.29 is 17.9 Å². The average Bonchev–Trinajstić information content (AvgIpc) is 3.60. The van der Waals surface area contributed by atoms with Gasteiger partial charge in [0.15, 0.2) is 4.21 Å². The van der Waals surface area contributed by atoms with Gasteiger partial charge in [-0.3, -0.25) is 9.36 Å². The number of aromatic nitrogens is 3. The molecule has 0 aliphatic carbocycles. The van der Waals surface area contributed by atoms with Crippen LogP contribution < -0.4 is 10.9 Å². The number of amides is 1. The summed E-state index contributed by atoms with van der Waals surface area (Å²) < 4.78 is 33.7. The predicted molar refractivity (Wildman–Crippen MR) is 162 cm³/mol. The van der Waals surface area contributed by atoms with Crippen LogP contribution in [0.3, 0.4) is 0 Å². The molecule has 2 aromatic carbocycles. The first-order chi connectivity index (χ1) is 20.0. The Bertz CT molecular complexity index is 1860. The second kappa shape index (κ2) is 11.0. The van der Waals surface area contributed by atoms with E-state index in [-0.39, 0.29) is 27.9 Å². The number of piperidine rings is 1. The highest BCUT2D eigenvalue weighted by Gasteiger charge is 2.38. The molecule has 2 aromatic heterocycles. The maximum Gasteiger partial charge on any atom is 0.410 e. The van der Waals surface area contributed by atoms with Gasteiger partial charge < -0.3 is 15.0 Å². The van der Waals surface area contributed by atoms with Gasteiger partial charge in [-0.1, -0.05) is 23.7 Å². The molecule has 11 nitrogen and oxygen atoms in total. The first-order valence-electron chi connectivity index (χ1n) is 13.4. The largest absolute Gasteiger partial charge is 0.447 e. The minimum Gasteiger partial charge on any atom is -0.447 e. The van der Waals surface area contributed by atoms with Crippen LogP contribution in [0.4, 0.5) is 10.5 Å². The van der Waals surface area contributed by atoms with Gasteiger partial charge in [-0.25, -0.2) is 27.5 Å². The lowest BCUT2D eigenvalue weighted by atomic mass is 9.97. The van der Waals surface area contributed by atoms with Crippen LogP contribution in [-0.2, 0) is 21.3 Å². The molecule has 0 bridgehead atoms. The molecule has 4 aromatic rings. The summed E-state index contributed by atoms with van der Waals surface area (Å²) in [5.74, 6) is 0.544. The van der Waals surface area contributed by atoms with Gasteiger partial charge >= 0.3 is 6.09 Å². The molecule has 4 heterocycles. The molecule has 220 valence electrons. The Morgan fingerprint density at radius 3 is 2.69 bits per heavy atom.